The maximum atomic E-state index is 12.9. The Labute approximate surface area is 166 Å². The number of likely N-dealkylation sites (tertiary alicyclic amines) is 1. The molecule has 1 fully saturated rings. The summed E-state index contributed by atoms with van der Waals surface area (Å²) >= 11 is 0. The fourth-order valence-corrected chi connectivity index (χ4v) is 3.93. The lowest BCUT2D eigenvalue weighted by atomic mass is 9.88. The van der Waals surface area contributed by atoms with Crippen molar-refractivity contribution in [1.82, 2.24) is 20.3 Å². The first kappa shape index (κ1) is 17.7. The van der Waals surface area contributed by atoms with Gasteiger partial charge in [0.2, 0.25) is 0 Å². The van der Waals surface area contributed by atoms with Crippen LogP contribution in [-0.4, -0.2) is 58.3 Å². The molecular weight excluding hydrogens is 372 g/mol. The summed E-state index contributed by atoms with van der Waals surface area (Å²) < 4.78 is 11.1. The highest BCUT2D eigenvalue weighted by atomic mass is 16.6. The Balaban J connectivity index is 1.25. The summed E-state index contributed by atoms with van der Waals surface area (Å²) in [5.74, 6) is 1.26. The van der Waals surface area contributed by atoms with Gasteiger partial charge >= 0.3 is 0 Å². The van der Waals surface area contributed by atoms with Crippen LogP contribution in [0.4, 0.5) is 0 Å². The van der Waals surface area contributed by atoms with Crippen molar-refractivity contribution in [1.29, 1.82) is 0 Å². The first-order valence-corrected chi connectivity index (χ1v) is 9.73. The van der Waals surface area contributed by atoms with Crippen molar-refractivity contribution in [3.63, 3.8) is 0 Å². The van der Waals surface area contributed by atoms with Crippen LogP contribution in [0.1, 0.15) is 33.6 Å². The molecule has 0 atom stereocenters. The van der Waals surface area contributed by atoms with Crippen molar-refractivity contribution >= 4 is 22.7 Å². The lowest BCUT2D eigenvalue weighted by Crippen LogP contribution is -2.40. The largest absolute Gasteiger partial charge is 0.486 e. The van der Waals surface area contributed by atoms with Gasteiger partial charge in [0.1, 0.15) is 24.2 Å². The Morgan fingerprint density at radius 1 is 0.897 bits per heavy atom. The predicted octanol–water partition coefficient (Wildman–Crippen LogP) is 2.46. The van der Waals surface area contributed by atoms with Crippen LogP contribution in [0.15, 0.2) is 36.4 Å². The minimum Gasteiger partial charge on any atom is -0.486 e. The number of amides is 1. The highest BCUT2D eigenvalue weighted by molar-refractivity contribution is 5.99. The number of Topliss-reactive ketones (excluding diaryl/α,β-unsaturated/α-hetero) is 1. The monoisotopic (exact) mass is 392 g/mol. The molecule has 2 aliphatic heterocycles. The van der Waals surface area contributed by atoms with E-state index in [0.717, 1.165) is 5.52 Å². The number of aromatic nitrogens is 3. The molecule has 1 saturated heterocycles. The van der Waals surface area contributed by atoms with E-state index in [1.807, 2.05) is 0 Å². The Kier molecular flexibility index (Phi) is 4.38. The molecule has 8 nitrogen and oxygen atoms in total. The van der Waals surface area contributed by atoms with Gasteiger partial charge in [-0.2, -0.15) is 15.4 Å². The van der Waals surface area contributed by atoms with E-state index in [0.29, 0.717) is 67.3 Å². The van der Waals surface area contributed by atoms with Gasteiger partial charge in [-0.3, -0.25) is 9.59 Å². The molecule has 29 heavy (non-hydrogen) atoms. The maximum absolute atomic E-state index is 12.9. The number of hydrogen-bond donors (Lipinski definition) is 1. The summed E-state index contributed by atoms with van der Waals surface area (Å²) in [7, 11) is 0. The number of nitrogens with zero attached hydrogens (tertiary/aromatic N) is 3. The van der Waals surface area contributed by atoms with Gasteiger partial charge in [-0.1, -0.05) is 0 Å². The summed E-state index contributed by atoms with van der Waals surface area (Å²) in [6.45, 7) is 2.12. The molecule has 3 heterocycles. The van der Waals surface area contributed by atoms with E-state index in [1.165, 1.54) is 0 Å². The van der Waals surface area contributed by atoms with Gasteiger partial charge in [0, 0.05) is 30.1 Å². The molecule has 148 valence electrons. The molecule has 0 unspecified atom stereocenters. The predicted molar refractivity (Wildman–Crippen MR) is 104 cm³/mol. The smallest absolute Gasteiger partial charge is 0.253 e. The molecule has 5 rings (SSSR count). The standard InChI is InChI=1S/C21H20N4O4/c26-20(14-2-4-18-19(12-14)29-10-9-28-18)13-5-7-25(8-6-13)21(27)15-1-3-16-17(11-15)23-24-22-16/h1-4,11-13H,5-10H2,(H,22,23,24). The van der Waals surface area contributed by atoms with E-state index in [9.17, 15) is 9.59 Å². The number of ether oxygens (including phenoxy) is 2. The van der Waals surface area contributed by atoms with Crippen LogP contribution in [-0.2, 0) is 0 Å². The second-order valence-corrected chi connectivity index (χ2v) is 7.32. The van der Waals surface area contributed by atoms with Crippen LogP contribution in [0.2, 0.25) is 0 Å². The number of ketones is 1. The Bertz CT molecular complexity index is 1090. The van der Waals surface area contributed by atoms with E-state index in [2.05, 4.69) is 15.4 Å². The number of nitrogens with one attached hydrogen (secondary N) is 1. The SMILES string of the molecule is O=C(c1ccc2c(c1)OCCO2)C1CCN(C(=O)c2ccc3n[nH]nc3c2)CC1. The zero-order valence-electron chi connectivity index (χ0n) is 15.8. The quantitative estimate of drug-likeness (QED) is 0.688. The zero-order chi connectivity index (χ0) is 19.8. The van der Waals surface area contributed by atoms with Crippen molar-refractivity contribution in [2.45, 2.75) is 12.8 Å². The molecule has 8 heteroatoms. The number of carbonyl (C=O) groups is 2. The number of fused-ring (bicyclic) bond motifs is 2. The molecule has 1 N–H and O–H groups in total. The van der Waals surface area contributed by atoms with Crippen LogP contribution in [0.5, 0.6) is 11.5 Å². The number of hydrogen-bond acceptors (Lipinski definition) is 6. The first-order chi connectivity index (χ1) is 14.2. The lowest BCUT2D eigenvalue weighted by molar-refractivity contribution is 0.0650. The minimum atomic E-state index is -0.0976. The van der Waals surface area contributed by atoms with Gasteiger partial charge in [0.25, 0.3) is 5.91 Å². The summed E-state index contributed by atoms with van der Waals surface area (Å²) in [5.41, 5.74) is 2.61. The Morgan fingerprint density at radius 3 is 2.45 bits per heavy atom. The van der Waals surface area contributed by atoms with Crippen LogP contribution in [0.25, 0.3) is 11.0 Å². The van der Waals surface area contributed by atoms with Crippen LogP contribution >= 0.6 is 0 Å². The van der Waals surface area contributed by atoms with Crippen molar-refractivity contribution in [2.24, 2.45) is 5.92 Å². The molecule has 0 spiro atoms. The molecule has 3 aromatic rings. The zero-order valence-corrected chi connectivity index (χ0v) is 15.8. The third-order valence-electron chi connectivity index (χ3n) is 5.54. The normalized spacial score (nSPS) is 16.8. The van der Waals surface area contributed by atoms with Gasteiger partial charge in [0.05, 0.1) is 0 Å². The fraction of sp³-hybridized carbons (Fsp3) is 0.333. The topological polar surface area (TPSA) is 97.4 Å². The molecule has 0 aliphatic carbocycles. The van der Waals surface area contributed by atoms with Crippen molar-refractivity contribution in [3.05, 3.63) is 47.5 Å². The fourth-order valence-electron chi connectivity index (χ4n) is 3.93. The molecule has 0 saturated carbocycles. The van der Waals surface area contributed by atoms with Crippen LogP contribution < -0.4 is 9.47 Å². The summed E-state index contributed by atoms with van der Waals surface area (Å²) in [6, 6.07) is 10.6. The molecule has 2 aromatic carbocycles. The Morgan fingerprint density at radius 2 is 1.62 bits per heavy atom. The van der Waals surface area contributed by atoms with Crippen molar-refractivity contribution in [2.75, 3.05) is 26.3 Å². The number of piperidine rings is 1. The van der Waals surface area contributed by atoms with Gasteiger partial charge in [-0.15, -0.1) is 0 Å². The maximum Gasteiger partial charge on any atom is 0.253 e. The second kappa shape index (κ2) is 7.20. The highest BCUT2D eigenvalue weighted by Crippen LogP contribution is 2.32. The molecule has 1 amide bonds. The average molecular weight is 392 g/mol. The van der Waals surface area contributed by atoms with Crippen LogP contribution in [0.3, 0.4) is 0 Å². The van der Waals surface area contributed by atoms with Crippen molar-refractivity contribution in [3.8, 4) is 11.5 Å². The number of H-pyrrole nitrogens is 1. The van der Waals surface area contributed by atoms with Gasteiger partial charge < -0.3 is 14.4 Å². The molecular formula is C21H20N4O4. The molecule has 2 aliphatic rings. The first-order valence-electron chi connectivity index (χ1n) is 9.73. The lowest BCUT2D eigenvalue weighted by Gasteiger charge is -2.31. The summed E-state index contributed by atoms with van der Waals surface area (Å²) in [5, 5.41) is 10.6. The summed E-state index contributed by atoms with van der Waals surface area (Å²) in [6.07, 6.45) is 1.29. The summed E-state index contributed by atoms with van der Waals surface area (Å²) in [4.78, 5) is 27.6. The van der Waals surface area contributed by atoms with E-state index in [4.69, 9.17) is 9.47 Å². The van der Waals surface area contributed by atoms with Gasteiger partial charge in [0.15, 0.2) is 17.3 Å². The van der Waals surface area contributed by atoms with Gasteiger partial charge in [-0.05, 0) is 49.2 Å². The number of carbonyl (C=O) groups excluding carboxylic acids is 2. The van der Waals surface area contributed by atoms with Crippen LogP contribution in [0, 0.1) is 5.92 Å². The van der Waals surface area contributed by atoms with E-state index in [1.54, 1.807) is 41.3 Å². The molecule has 0 radical (unpaired) electrons. The minimum absolute atomic E-state index is 0.0415. The number of benzene rings is 2. The van der Waals surface area contributed by atoms with E-state index in [-0.39, 0.29) is 17.6 Å². The van der Waals surface area contributed by atoms with E-state index < -0.39 is 0 Å². The highest BCUT2D eigenvalue weighted by Gasteiger charge is 2.29. The third-order valence-corrected chi connectivity index (χ3v) is 5.54. The average Bonchev–Trinajstić information content (AvgIpc) is 3.26. The number of aromatic amines is 1. The molecule has 1 aromatic heterocycles. The third kappa shape index (κ3) is 3.30. The molecule has 0 bridgehead atoms. The van der Waals surface area contributed by atoms with Crippen molar-refractivity contribution < 1.29 is 19.1 Å². The second-order valence-electron chi connectivity index (χ2n) is 7.32. The van der Waals surface area contributed by atoms with E-state index >= 15 is 0 Å². The Hall–Kier alpha value is -3.42. The van der Waals surface area contributed by atoms with Gasteiger partial charge in [-0.25, -0.2) is 0 Å². The number of rotatable bonds is 3.